The first-order valence-corrected chi connectivity index (χ1v) is 5.50. The summed E-state index contributed by atoms with van der Waals surface area (Å²) in [4.78, 5) is 4.31. The summed E-state index contributed by atoms with van der Waals surface area (Å²) < 4.78 is 7.20. The quantitative estimate of drug-likeness (QED) is 0.792. The number of pyridine rings is 1. The van der Waals surface area contributed by atoms with Crippen LogP contribution in [0.2, 0.25) is 0 Å². The van der Waals surface area contributed by atoms with Gasteiger partial charge in [-0.1, -0.05) is 0 Å². The molecule has 84 valence electrons. The van der Waals surface area contributed by atoms with Gasteiger partial charge in [0.25, 0.3) is 0 Å². The first-order valence-electron chi connectivity index (χ1n) is 5.50. The normalized spacial score (nSPS) is 21.4. The molecule has 1 aliphatic rings. The summed E-state index contributed by atoms with van der Waals surface area (Å²) in [7, 11) is 0. The molecule has 5 nitrogen and oxygen atoms in total. The predicted molar refractivity (Wildman–Crippen MR) is 57.2 cm³/mol. The van der Waals surface area contributed by atoms with Gasteiger partial charge in [0.05, 0.1) is 0 Å². The number of aromatic nitrogens is 3. The van der Waals surface area contributed by atoms with Crippen LogP contribution in [0, 0.1) is 0 Å². The van der Waals surface area contributed by atoms with Crippen LogP contribution in [-0.4, -0.2) is 26.3 Å². The van der Waals surface area contributed by atoms with Crippen LogP contribution in [0.4, 0.5) is 0 Å². The molecule has 0 aliphatic carbocycles. The highest BCUT2D eigenvalue weighted by molar-refractivity contribution is 5.51. The number of hydrogen-bond acceptors (Lipinski definition) is 4. The van der Waals surface area contributed by atoms with E-state index in [4.69, 9.17) is 4.74 Å². The van der Waals surface area contributed by atoms with Gasteiger partial charge in [-0.25, -0.2) is 9.50 Å². The molecule has 0 spiro atoms. The van der Waals surface area contributed by atoms with Crippen molar-refractivity contribution >= 4 is 5.65 Å². The van der Waals surface area contributed by atoms with Gasteiger partial charge in [-0.15, -0.1) is 5.10 Å². The standard InChI is InChI=1S/C11H13N3O2/c15-8-4-3-6-14-11(8)12-10(13-14)9-5-1-2-7-16-9/h3-4,6,9,15H,1-2,5,7H2. The lowest BCUT2D eigenvalue weighted by molar-refractivity contribution is 0.00961. The summed E-state index contributed by atoms with van der Waals surface area (Å²) in [6, 6.07) is 3.35. The molecule has 1 fully saturated rings. The van der Waals surface area contributed by atoms with Gasteiger partial charge in [-0.3, -0.25) is 0 Å². The molecule has 2 aromatic rings. The number of aromatic hydroxyl groups is 1. The minimum atomic E-state index is -0.0203. The number of rotatable bonds is 1. The molecule has 1 unspecified atom stereocenters. The number of hydrogen-bond donors (Lipinski definition) is 1. The van der Waals surface area contributed by atoms with Crippen molar-refractivity contribution in [2.45, 2.75) is 25.4 Å². The highest BCUT2D eigenvalue weighted by Gasteiger charge is 2.21. The summed E-state index contributed by atoms with van der Waals surface area (Å²) in [6.45, 7) is 0.770. The van der Waals surface area contributed by atoms with E-state index in [0.29, 0.717) is 11.5 Å². The first kappa shape index (κ1) is 9.59. The van der Waals surface area contributed by atoms with Crippen molar-refractivity contribution in [2.75, 3.05) is 6.61 Å². The molecule has 2 aromatic heterocycles. The average molecular weight is 219 g/mol. The Hall–Kier alpha value is -1.62. The van der Waals surface area contributed by atoms with Crippen LogP contribution in [0.3, 0.4) is 0 Å². The second-order valence-electron chi connectivity index (χ2n) is 3.99. The SMILES string of the molecule is Oc1cccn2nc(C3CCCCO3)nc12. The van der Waals surface area contributed by atoms with E-state index in [-0.39, 0.29) is 11.9 Å². The molecule has 3 heterocycles. The lowest BCUT2D eigenvalue weighted by Crippen LogP contribution is -2.12. The minimum absolute atomic E-state index is 0.0203. The Kier molecular flexibility index (Phi) is 2.25. The van der Waals surface area contributed by atoms with Gasteiger partial charge in [-0.2, -0.15) is 0 Å². The number of ether oxygens (including phenoxy) is 1. The number of nitrogens with zero attached hydrogens (tertiary/aromatic N) is 3. The number of fused-ring (bicyclic) bond motifs is 1. The van der Waals surface area contributed by atoms with E-state index in [9.17, 15) is 5.11 Å². The van der Waals surface area contributed by atoms with E-state index in [1.807, 2.05) is 0 Å². The maximum atomic E-state index is 9.62. The fourth-order valence-corrected chi connectivity index (χ4v) is 1.99. The molecule has 1 N–H and O–H groups in total. The van der Waals surface area contributed by atoms with Gasteiger partial charge in [0, 0.05) is 12.8 Å². The smallest absolute Gasteiger partial charge is 0.197 e. The highest BCUT2D eigenvalue weighted by Crippen LogP contribution is 2.26. The van der Waals surface area contributed by atoms with Crippen molar-refractivity contribution in [2.24, 2.45) is 0 Å². The van der Waals surface area contributed by atoms with Crippen LogP contribution in [0.1, 0.15) is 31.2 Å². The van der Waals surface area contributed by atoms with Crippen LogP contribution in [0.15, 0.2) is 18.3 Å². The van der Waals surface area contributed by atoms with Crippen molar-refractivity contribution in [1.29, 1.82) is 0 Å². The molecule has 0 radical (unpaired) electrons. The van der Waals surface area contributed by atoms with Crippen molar-refractivity contribution < 1.29 is 9.84 Å². The molecular weight excluding hydrogens is 206 g/mol. The molecule has 0 amide bonds. The van der Waals surface area contributed by atoms with E-state index < -0.39 is 0 Å². The van der Waals surface area contributed by atoms with E-state index in [1.165, 1.54) is 0 Å². The van der Waals surface area contributed by atoms with E-state index in [0.717, 1.165) is 25.9 Å². The molecule has 0 bridgehead atoms. The summed E-state index contributed by atoms with van der Waals surface area (Å²) in [5.74, 6) is 0.818. The largest absolute Gasteiger partial charge is 0.504 e. The van der Waals surface area contributed by atoms with Crippen LogP contribution in [0.25, 0.3) is 5.65 Å². The third-order valence-corrected chi connectivity index (χ3v) is 2.83. The van der Waals surface area contributed by atoms with Crippen molar-refractivity contribution in [3.8, 4) is 5.75 Å². The van der Waals surface area contributed by atoms with Gasteiger partial charge in [-0.05, 0) is 31.4 Å². The molecule has 0 saturated carbocycles. The zero-order chi connectivity index (χ0) is 11.0. The van der Waals surface area contributed by atoms with Crippen LogP contribution >= 0.6 is 0 Å². The fraction of sp³-hybridized carbons (Fsp3) is 0.455. The third-order valence-electron chi connectivity index (χ3n) is 2.83. The predicted octanol–water partition coefficient (Wildman–Crippen LogP) is 1.68. The molecule has 3 rings (SSSR count). The summed E-state index contributed by atoms with van der Waals surface area (Å²) in [6.07, 6.45) is 4.96. The maximum absolute atomic E-state index is 9.62. The van der Waals surface area contributed by atoms with E-state index >= 15 is 0 Å². The Balaban J connectivity index is 2.01. The van der Waals surface area contributed by atoms with E-state index in [1.54, 1.807) is 22.8 Å². The highest BCUT2D eigenvalue weighted by atomic mass is 16.5. The van der Waals surface area contributed by atoms with Gasteiger partial charge in [0.1, 0.15) is 6.10 Å². The Labute approximate surface area is 92.7 Å². The zero-order valence-corrected chi connectivity index (χ0v) is 8.83. The Bertz CT molecular complexity index is 503. The van der Waals surface area contributed by atoms with Gasteiger partial charge < -0.3 is 9.84 Å². The molecule has 1 saturated heterocycles. The Morgan fingerprint density at radius 3 is 3.12 bits per heavy atom. The average Bonchev–Trinajstić information content (AvgIpc) is 2.76. The second-order valence-corrected chi connectivity index (χ2v) is 3.99. The summed E-state index contributed by atoms with van der Waals surface area (Å²) in [5.41, 5.74) is 0.492. The van der Waals surface area contributed by atoms with Crippen LogP contribution in [0.5, 0.6) is 5.75 Å². The molecule has 1 atom stereocenters. The van der Waals surface area contributed by atoms with Crippen molar-refractivity contribution in [3.63, 3.8) is 0 Å². The lowest BCUT2D eigenvalue weighted by atomic mass is 10.1. The monoisotopic (exact) mass is 219 g/mol. The fourth-order valence-electron chi connectivity index (χ4n) is 1.99. The van der Waals surface area contributed by atoms with Crippen molar-refractivity contribution in [3.05, 3.63) is 24.2 Å². The lowest BCUT2D eigenvalue weighted by Gasteiger charge is -2.19. The second kappa shape index (κ2) is 3.75. The first-order chi connectivity index (χ1) is 7.84. The third kappa shape index (κ3) is 1.53. The van der Waals surface area contributed by atoms with Gasteiger partial charge in [0.2, 0.25) is 0 Å². The summed E-state index contributed by atoms with van der Waals surface area (Å²) in [5, 5.41) is 13.9. The van der Waals surface area contributed by atoms with Crippen LogP contribution < -0.4 is 0 Å². The van der Waals surface area contributed by atoms with Crippen LogP contribution in [-0.2, 0) is 4.74 Å². The van der Waals surface area contributed by atoms with Gasteiger partial charge >= 0.3 is 0 Å². The minimum Gasteiger partial charge on any atom is -0.504 e. The topological polar surface area (TPSA) is 59.7 Å². The van der Waals surface area contributed by atoms with Crippen molar-refractivity contribution in [1.82, 2.24) is 14.6 Å². The maximum Gasteiger partial charge on any atom is 0.197 e. The molecule has 5 heteroatoms. The van der Waals surface area contributed by atoms with E-state index in [2.05, 4.69) is 10.1 Å². The molecular formula is C11H13N3O2. The Morgan fingerprint density at radius 1 is 1.44 bits per heavy atom. The van der Waals surface area contributed by atoms with Gasteiger partial charge in [0.15, 0.2) is 17.2 Å². The molecule has 16 heavy (non-hydrogen) atoms. The zero-order valence-electron chi connectivity index (χ0n) is 8.83. The molecule has 0 aromatic carbocycles. The Morgan fingerprint density at radius 2 is 2.38 bits per heavy atom. The summed E-state index contributed by atoms with van der Waals surface area (Å²) >= 11 is 0. The molecule has 1 aliphatic heterocycles.